The summed E-state index contributed by atoms with van der Waals surface area (Å²) in [4.78, 5) is 14.5. The average Bonchev–Trinajstić information content (AvgIpc) is 3.44. The summed E-state index contributed by atoms with van der Waals surface area (Å²) >= 11 is 0. The summed E-state index contributed by atoms with van der Waals surface area (Å²) in [6.07, 6.45) is -18.8. The van der Waals surface area contributed by atoms with Gasteiger partial charge in [0.15, 0.2) is 23.0 Å². The van der Waals surface area contributed by atoms with Crippen LogP contribution in [-0.4, -0.2) is 182 Å². The first-order valence-corrected chi connectivity index (χ1v) is 22.4. The van der Waals surface area contributed by atoms with Crippen LogP contribution in [0, 0.1) is 34.5 Å². The Hall–Kier alpha value is -3.33. The van der Waals surface area contributed by atoms with Crippen molar-refractivity contribution < 1.29 is 110 Å². The van der Waals surface area contributed by atoms with Crippen LogP contribution in [0.3, 0.4) is 0 Å². The van der Waals surface area contributed by atoms with Gasteiger partial charge in [0.1, 0.15) is 36.6 Å². The van der Waals surface area contributed by atoms with Crippen LogP contribution in [0.15, 0.2) is 46.7 Å². The highest BCUT2D eigenvalue weighted by Gasteiger charge is 2.66. The van der Waals surface area contributed by atoms with Gasteiger partial charge in [0.2, 0.25) is 24.1 Å². The zero-order chi connectivity index (χ0) is 49.4. The van der Waals surface area contributed by atoms with Gasteiger partial charge in [0.05, 0.1) is 18.1 Å². The van der Waals surface area contributed by atoms with Crippen LogP contribution in [-0.2, 0) is 28.5 Å². The van der Waals surface area contributed by atoms with Crippen LogP contribution in [0.1, 0.15) is 91.4 Å². The number of hydrogen-bond donors (Lipinski definition) is 16. The standard InChI is InChI=1S/C44H72O22/c1-20-7-8-25-24(9-14-44(21(2)6-5-13-43(25,44)4)42(61)66-39(59)34(56)31(53)27(49)11-16-46)23(18-20)19-62-40(60)37(65-41-35(57)32(54)29(51)22(3)63-41)36(28(50)12-17-47)64-38(58)33(55)30(52)26(48)10-15-45/h21-29,32,35,38-41,45-60H,1,5-19H2,2-4H3/b33-30+,34-31-,37-36-/t21-,22?,23?,24?,25+,26?,27?,28?,29?,32?,35?,38?,39?,40?,41?,43-,44?/m0/s1. The van der Waals surface area contributed by atoms with Crippen molar-refractivity contribution in [3.63, 3.8) is 0 Å². The fourth-order valence-corrected chi connectivity index (χ4v) is 10.6. The summed E-state index contributed by atoms with van der Waals surface area (Å²) in [5, 5.41) is 166. The smallest absolute Gasteiger partial charge is 0.315 e. The molecule has 4 fully saturated rings. The molecule has 22 nitrogen and oxygen atoms in total. The second-order valence-corrected chi connectivity index (χ2v) is 18.3. The second kappa shape index (κ2) is 23.8. The number of ether oxygens (including phenoxy) is 5. The Morgan fingerprint density at radius 2 is 1.29 bits per heavy atom. The molecule has 4 rings (SSSR count). The summed E-state index contributed by atoms with van der Waals surface area (Å²) in [5.41, 5.74) is -1.19. The third-order valence-corrected chi connectivity index (χ3v) is 14.3. The normalized spacial score (nSPS) is 35.5. The largest absolute Gasteiger partial charge is 0.506 e. The van der Waals surface area contributed by atoms with E-state index in [1.807, 2.05) is 13.8 Å². The Kier molecular flexibility index (Phi) is 19.9. The Balaban J connectivity index is 1.72. The maximum Gasteiger partial charge on any atom is 0.315 e. The van der Waals surface area contributed by atoms with Crippen molar-refractivity contribution in [1.82, 2.24) is 0 Å². The summed E-state index contributed by atoms with van der Waals surface area (Å²) < 4.78 is 28.3. The van der Waals surface area contributed by atoms with E-state index >= 15 is 0 Å². The van der Waals surface area contributed by atoms with Gasteiger partial charge >= 0.3 is 5.97 Å². The van der Waals surface area contributed by atoms with Crippen LogP contribution in [0.2, 0.25) is 0 Å². The van der Waals surface area contributed by atoms with Crippen molar-refractivity contribution in [2.75, 3.05) is 26.4 Å². The van der Waals surface area contributed by atoms with Gasteiger partial charge in [-0.3, -0.25) is 4.79 Å². The summed E-state index contributed by atoms with van der Waals surface area (Å²) in [7, 11) is 0. The monoisotopic (exact) mass is 952 g/mol. The number of fused-ring (bicyclic) bond motifs is 3. The summed E-state index contributed by atoms with van der Waals surface area (Å²) in [6.45, 7) is 7.30. The van der Waals surface area contributed by atoms with Gasteiger partial charge in [-0.2, -0.15) is 0 Å². The Labute approximate surface area is 382 Å². The van der Waals surface area contributed by atoms with Crippen LogP contribution in [0.4, 0.5) is 0 Å². The first kappa shape index (κ1) is 55.3. The van der Waals surface area contributed by atoms with Gasteiger partial charge < -0.3 is 105 Å². The molecule has 0 radical (unpaired) electrons. The molecule has 1 aliphatic heterocycles. The molecule has 0 aromatic carbocycles. The molecule has 0 spiro atoms. The maximum absolute atomic E-state index is 14.5. The number of carbonyl (C=O) groups is 1. The number of esters is 1. The Morgan fingerprint density at radius 1 is 0.727 bits per heavy atom. The second-order valence-electron chi connectivity index (χ2n) is 18.3. The molecule has 16 N–H and O–H groups in total. The van der Waals surface area contributed by atoms with Crippen molar-refractivity contribution in [3.8, 4) is 0 Å². The highest BCUT2D eigenvalue weighted by molar-refractivity contribution is 5.79. The Morgan fingerprint density at radius 3 is 1.86 bits per heavy atom. The van der Waals surface area contributed by atoms with Gasteiger partial charge in [-0.15, -0.1) is 0 Å². The van der Waals surface area contributed by atoms with Gasteiger partial charge in [-0.1, -0.05) is 32.4 Å². The maximum atomic E-state index is 14.5. The molecule has 22 heteroatoms. The third-order valence-electron chi connectivity index (χ3n) is 14.3. The molecule has 14 unspecified atom stereocenters. The van der Waals surface area contributed by atoms with Crippen molar-refractivity contribution in [1.29, 1.82) is 0 Å². The van der Waals surface area contributed by atoms with Crippen molar-refractivity contribution >= 4 is 5.97 Å². The molecule has 0 aromatic heterocycles. The van der Waals surface area contributed by atoms with E-state index in [9.17, 15) is 76.3 Å². The molecule has 0 amide bonds. The SMILES string of the molecule is C=C1CC[C@@H]2C(CCC3(C(=O)OC(O)/C(O)=C(/O)C(O)CCO)[C@@H](C)CCC[C@@]23C)C(COC(O)/C(OC2OC(C)C(O)C(O)C2O)=C(/OC(O)/C(O)=C(\O)C(O)CCO)C(O)CCO)C1. The first-order chi connectivity index (χ1) is 31.0. The fraction of sp³-hybridized carbons (Fsp3) is 0.795. The molecule has 1 saturated heterocycles. The summed E-state index contributed by atoms with van der Waals surface area (Å²) in [6, 6.07) is 0. The van der Waals surface area contributed by atoms with E-state index in [0.29, 0.717) is 38.5 Å². The number of aliphatic hydroxyl groups excluding tert-OH is 16. The van der Waals surface area contributed by atoms with Crippen molar-refractivity contribution in [2.45, 2.75) is 159 Å². The van der Waals surface area contributed by atoms with Crippen LogP contribution in [0.5, 0.6) is 0 Å². The van der Waals surface area contributed by atoms with E-state index in [1.54, 1.807) is 0 Å². The van der Waals surface area contributed by atoms with Gasteiger partial charge in [-0.05, 0) is 81.0 Å². The lowest BCUT2D eigenvalue weighted by Gasteiger charge is -2.62. The average molecular weight is 953 g/mol. The topological polar surface area (TPSA) is 387 Å². The minimum Gasteiger partial charge on any atom is -0.506 e. The lowest BCUT2D eigenvalue weighted by atomic mass is 9.41. The molecule has 3 aliphatic carbocycles. The van der Waals surface area contributed by atoms with Crippen LogP contribution >= 0.6 is 0 Å². The van der Waals surface area contributed by atoms with Crippen molar-refractivity contribution in [2.24, 2.45) is 34.5 Å². The lowest BCUT2D eigenvalue weighted by Crippen LogP contribution is -2.61. The zero-order valence-electron chi connectivity index (χ0n) is 37.6. The minimum atomic E-state index is -2.61. The van der Waals surface area contributed by atoms with E-state index in [4.69, 9.17) is 33.9 Å². The molecule has 17 atom stereocenters. The van der Waals surface area contributed by atoms with E-state index in [1.165, 1.54) is 6.92 Å². The molecule has 380 valence electrons. The molecule has 0 aromatic rings. The molecule has 4 aliphatic rings. The van der Waals surface area contributed by atoms with Gasteiger partial charge in [0, 0.05) is 39.1 Å². The number of aliphatic hydroxyl groups is 16. The van der Waals surface area contributed by atoms with Crippen LogP contribution < -0.4 is 0 Å². The third kappa shape index (κ3) is 11.7. The summed E-state index contributed by atoms with van der Waals surface area (Å²) in [5.74, 6) is -8.68. The van der Waals surface area contributed by atoms with E-state index in [2.05, 4.69) is 6.58 Å². The molecule has 66 heavy (non-hydrogen) atoms. The van der Waals surface area contributed by atoms with Gasteiger partial charge in [-0.25, -0.2) is 0 Å². The molecule has 0 bridgehead atoms. The first-order valence-electron chi connectivity index (χ1n) is 22.4. The lowest BCUT2D eigenvalue weighted by molar-refractivity contribution is -0.292. The van der Waals surface area contributed by atoms with Gasteiger partial charge in [0.25, 0.3) is 12.6 Å². The number of allylic oxidation sites excluding steroid dienone is 1. The number of rotatable bonds is 21. The van der Waals surface area contributed by atoms with Crippen molar-refractivity contribution in [3.05, 3.63) is 46.7 Å². The quantitative estimate of drug-likeness (QED) is 0.0303. The minimum absolute atomic E-state index is 0.217. The van der Waals surface area contributed by atoms with E-state index < -0.39 is 158 Å². The fourth-order valence-electron chi connectivity index (χ4n) is 10.6. The van der Waals surface area contributed by atoms with E-state index in [0.717, 1.165) is 12.0 Å². The number of carbonyl (C=O) groups excluding carboxylic acids is 1. The highest BCUT2D eigenvalue weighted by Crippen LogP contribution is 2.68. The molecular formula is C44H72O22. The highest BCUT2D eigenvalue weighted by atomic mass is 16.7. The zero-order valence-corrected chi connectivity index (χ0v) is 37.6. The molecular weight excluding hydrogens is 880 g/mol. The van der Waals surface area contributed by atoms with Crippen LogP contribution in [0.25, 0.3) is 0 Å². The predicted molar refractivity (Wildman–Crippen MR) is 226 cm³/mol. The number of hydrogen-bond acceptors (Lipinski definition) is 22. The Bertz CT molecular complexity index is 1720. The predicted octanol–water partition coefficient (Wildman–Crippen LogP) is -0.346. The molecule has 3 saturated carbocycles. The molecule has 1 heterocycles. The van der Waals surface area contributed by atoms with E-state index in [-0.39, 0.29) is 37.2 Å².